The zero-order valence-corrected chi connectivity index (χ0v) is 17.8. The minimum Gasteiger partial charge on any atom is -0.355 e. The van der Waals surface area contributed by atoms with Gasteiger partial charge >= 0.3 is 0 Å². The van der Waals surface area contributed by atoms with Gasteiger partial charge in [-0.3, -0.25) is 4.99 Å². The van der Waals surface area contributed by atoms with Crippen LogP contribution in [-0.4, -0.2) is 64.6 Å². The number of rotatable bonds is 7. The number of halogens is 1. The van der Waals surface area contributed by atoms with Crippen LogP contribution in [0.15, 0.2) is 34.2 Å². The summed E-state index contributed by atoms with van der Waals surface area (Å²) in [5.41, 5.74) is 0. The van der Waals surface area contributed by atoms with Crippen LogP contribution < -0.4 is 15.4 Å². The molecule has 0 bridgehead atoms. The number of benzene rings is 1. The van der Waals surface area contributed by atoms with E-state index in [4.69, 9.17) is 11.6 Å². The van der Waals surface area contributed by atoms with E-state index in [0.717, 1.165) is 25.9 Å². The van der Waals surface area contributed by atoms with Crippen molar-refractivity contribution in [3.05, 3.63) is 29.3 Å². The first-order valence-electron chi connectivity index (χ1n) is 9.28. The van der Waals surface area contributed by atoms with E-state index < -0.39 is 10.0 Å². The average molecular weight is 416 g/mol. The molecule has 0 radical (unpaired) electrons. The maximum Gasteiger partial charge on any atom is 0.240 e. The van der Waals surface area contributed by atoms with Gasteiger partial charge in [0.2, 0.25) is 10.0 Å². The van der Waals surface area contributed by atoms with Crippen molar-refractivity contribution < 1.29 is 8.42 Å². The highest BCUT2D eigenvalue weighted by atomic mass is 35.5. The number of likely N-dealkylation sites (tertiary alicyclic amines) is 1. The standard InChI is InChI=1S/C18H30ClN5O2S/c1-14(2)24-11-7-16(8-12-24)23-18(20-3)21-9-10-22-27(25,26)17-6-4-5-15(19)13-17/h4-6,13-14,16,22H,7-12H2,1-3H3,(H2,20,21,23). The maximum absolute atomic E-state index is 12.3. The molecule has 3 N–H and O–H groups in total. The molecule has 0 saturated carbocycles. The van der Waals surface area contributed by atoms with Gasteiger partial charge in [0.1, 0.15) is 0 Å². The Bertz CT molecular complexity index is 731. The predicted molar refractivity (Wildman–Crippen MR) is 111 cm³/mol. The van der Waals surface area contributed by atoms with Crippen molar-refractivity contribution >= 4 is 27.6 Å². The molecule has 0 amide bonds. The highest BCUT2D eigenvalue weighted by molar-refractivity contribution is 7.89. The molecule has 1 aromatic rings. The van der Waals surface area contributed by atoms with Crippen molar-refractivity contribution in [1.29, 1.82) is 0 Å². The monoisotopic (exact) mass is 415 g/mol. The molecule has 1 aliphatic rings. The van der Waals surface area contributed by atoms with E-state index >= 15 is 0 Å². The fourth-order valence-electron chi connectivity index (χ4n) is 3.03. The van der Waals surface area contributed by atoms with Crippen LogP contribution in [0.25, 0.3) is 0 Å². The number of hydrogen-bond donors (Lipinski definition) is 3. The minimum atomic E-state index is -3.57. The van der Waals surface area contributed by atoms with Gasteiger partial charge in [-0.2, -0.15) is 0 Å². The molecular weight excluding hydrogens is 386 g/mol. The van der Waals surface area contributed by atoms with Gasteiger partial charge in [-0.25, -0.2) is 13.1 Å². The molecular formula is C18H30ClN5O2S. The van der Waals surface area contributed by atoms with Crippen LogP contribution in [0, 0.1) is 0 Å². The summed E-state index contributed by atoms with van der Waals surface area (Å²) >= 11 is 5.86. The molecule has 0 aliphatic carbocycles. The molecule has 1 heterocycles. The fraction of sp³-hybridized carbons (Fsp3) is 0.611. The normalized spacial score (nSPS) is 17.3. The van der Waals surface area contributed by atoms with Crippen molar-refractivity contribution in [2.24, 2.45) is 4.99 Å². The van der Waals surface area contributed by atoms with Crippen LogP contribution in [0.5, 0.6) is 0 Å². The number of nitrogens with one attached hydrogen (secondary N) is 3. The molecule has 0 unspecified atom stereocenters. The largest absolute Gasteiger partial charge is 0.355 e. The quantitative estimate of drug-likeness (QED) is 0.358. The highest BCUT2D eigenvalue weighted by Gasteiger charge is 2.21. The van der Waals surface area contributed by atoms with Gasteiger partial charge in [0.05, 0.1) is 4.90 Å². The zero-order chi connectivity index (χ0) is 19.9. The summed E-state index contributed by atoms with van der Waals surface area (Å²) in [7, 11) is -1.85. The third-order valence-electron chi connectivity index (χ3n) is 4.64. The Labute approximate surface area is 167 Å². The van der Waals surface area contributed by atoms with Crippen LogP contribution in [0.1, 0.15) is 26.7 Å². The molecule has 1 aliphatic heterocycles. The maximum atomic E-state index is 12.3. The van der Waals surface area contributed by atoms with E-state index in [1.54, 1.807) is 19.2 Å². The molecule has 9 heteroatoms. The number of nitrogens with zero attached hydrogens (tertiary/aromatic N) is 2. The topological polar surface area (TPSA) is 85.8 Å². The highest BCUT2D eigenvalue weighted by Crippen LogP contribution is 2.15. The van der Waals surface area contributed by atoms with Gasteiger partial charge in [-0.15, -0.1) is 0 Å². The molecule has 0 atom stereocenters. The third-order valence-corrected chi connectivity index (χ3v) is 6.33. The summed E-state index contributed by atoms with van der Waals surface area (Å²) in [5, 5.41) is 6.97. The first kappa shape index (κ1) is 21.9. The fourth-order valence-corrected chi connectivity index (χ4v) is 4.36. The third kappa shape index (κ3) is 6.95. The van der Waals surface area contributed by atoms with Crippen molar-refractivity contribution in [2.45, 2.75) is 43.7 Å². The first-order valence-corrected chi connectivity index (χ1v) is 11.1. The summed E-state index contributed by atoms with van der Waals surface area (Å²) in [5.74, 6) is 0.694. The number of aliphatic imine (C=N–C) groups is 1. The second-order valence-electron chi connectivity index (χ2n) is 6.90. The van der Waals surface area contributed by atoms with Crippen molar-refractivity contribution in [1.82, 2.24) is 20.3 Å². The Morgan fingerprint density at radius 3 is 2.59 bits per heavy atom. The summed E-state index contributed by atoms with van der Waals surface area (Å²) in [6, 6.07) is 7.17. The molecule has 152 valence electrons. The van der Waals surface area contributed by atoms with Crippen molar-refractivity contribution in [2.75, 3.05) is 33.2 Å². The second kappa shape index (κ2) is 10.3. The number of hydrogen-bond acceptors (Lipinski definition) is 4. The lowest BCUT2D eigenvalue weighted by atomic mass is 10.0. The minimum absolute atomic E-state index is 0.161. The molecule has 1 saturated heterocycles. The average Bonchev–Trinajstić information content (AvgIpc) is 2.64. The van der Waals surface area contributed by atoms with Crippen LogP contribution in [-0.2, 0) is 10.0 Å². The van der Waals surface area contributed by atoms with Crippen LogP contribution in [0.4, 0.5) is 0 Å². The Morgan fingerprint density at radius 1 is 1.30 bits per heavy atom. The number of sulfonamides is 1. The molecule has 2 rings (SSSR count). The van der Waals surface area contributed by atoms with E-state index in [9.17, 15) is 8.42 Å². The first-order chi connectivity index (χ1) is 12.8. The molecule has 7 nitrogen and oxygen atoms in total. The number of piperidine rings is 1. The molecule has 0 spiro atoms. The van der Waals surface area contributed by atoms with Gasteiger partial charge in [-0.1, -0.05) is 17.7 Å². The Morgan fingerprint density at radius 2 is 2.00 bits per heavy atom. The molecule has 27 heavy (non-hydrogen) atoms. The lowest BCUT2D eigenvalue weighted by molar-refractivity contribution is 0.167. The van der Waals surface area contributed by atoms with Crippen LogP contribution in [0.3, 0.4) is 0 Å². The lowest BCUT2D eigenvalue weighted by Gasteiger charge is -2.35. The van der Waals surface area contributed by atoms with Crippen LogP contribution in [0.2, 0.25) is 5.02 Å². The Hall–Kier alpha value is -1.35. The second-order valence-corrected chi connectivity index (χ2v) is 9.11. The van der Waals surface area contributed by atoms with Gasteiger partial charge in [0, 0.05) is 50.3 Å². The lowest BCUT2D eigenvalue weighted by Crippen LogP contribution is -2.50. The molecule has 0 aromatic heterocycles. The molecule has 1 fully saturated rings. The predicted octanol–water partition coefficient (Wildman–Crippen LogP) is 1.66. The van der Waals surface area contributed by atoms with E-state index in [1.165, 1.54) is 12.1 Å². The zero-order valence-electron chi connectivity index (χ0n) is 16.2. The summed E-state index contributed by atoms with van der Waals surface area (Å²) in [4.78, 5) is 6.86. The van der Waals surface area contributed by atoms with Crippen molar-refractivity contribution in [3.8, 4) is 0 Å². The van der Waals surface area contributed by atoms with Gasteiger partial charge < -0.3 is 15.5 Å². The van der Waals surface area contributed by atoms with Crippen LogP contribution >= 0.6 is 11.6 Å². The smallest absolute Gasteiger partial charge is 0.240 e. The van der Waals surface area contributed by atoms with E-state index in [-0.39, 0.29) is 11.4 Å². The van der Waals surface area contributed by atoms with E-state index in [0.29, 0.717) is 29.6 Å². The van der Waals surface area contributed by atoms with Gasteiger partial charge in [0.25, 0.3) is 0 Å². The summed E-state index contributed by atoms with van der Waals surface area (Å²) in [6.07, 6.45) is 2.14. The van der Waals surface area contributed by atoms with E-state index in [2.05, 4.69) is 39.1 Å². The van der Waals surface area contributed by atoms with Gasteiger partial charge in [0.15, 0.2) is 5.96 Å². The summed E-state index contributed by atoms with van der Waals surface area (Å²) in [6.45, 7) is 7.28. The SMILES string of the molecule is CN=C(NCCNS(=O)(=O)c1cccc(Cl)c1)NC1CCN(C(C)C)CC1. The number of guanidine groups is 1. The van der Waals surface area contributed by atoms with Crippen molar-refractivity contribution in [3.63, 3.8) is 0 Å². The molecule has 1 aromatic carbocycles. The van der Waals surface area contributed by atoms with Gasteiger partial charge in [-0.05, 0) is 44.9 Å². The summed E-state index contributed by atoms with van der Waals surface area (Å²) < 4.78 is 27.1. The Balaban J connectivity index is 1.74. The van der Waals surface area contributed by atoms with E-state index in [1.807, 2.05) is 0 Å². The Kier molecular flexibility index (Phi) is 8.34.